The maximum atomic E-state index is 5.14. The number of halogens is 1. The number of rotatable bonds is 6. The minimum atomic E-state index is 0.915. The van der Waals surface area contributed by atoms with Crippen molar-refractivity contribution < 1.29 is 4.74 Å². The Hall–Kier alpha value is -3.05. The lowest BCUT2D eigenvalue weighted by Crippen LogP contribution is -2.11. The van der Waals surface area contributed by atoms with Crippen molar-refractivity contribution >= 4 is 34.7 Å². The van der Waals surface area contributed by atoms with Crippen molar-refractivity contribution in [3.63, 3.8) is 0 Å². The molecule has 30 heavy (non-hydrogen) atoms. The summed E-state index contributed by atoms with van der Waals surface area (Å²) in [6.45, 7) is 0. The maximum Gasteiger partial charge on any atom is 0.161 e. The lowest BCUT2D eigenvalue weighted by molar-refractivity contribution is 0.415. The predicted molar refractivity (Wildman–Crippen MR) is 131 cm³/mol. The van der Waals surface area contributed by atoms with Crippen LogP contribution in [0.15, 0.2) is 108 Å². The van der Waals surface area contributed by atoms with Crippen LogP contribution in [-0.2, 0) is 0 Å². The lowest BCUT2D eigenvalue weighted by Gasteiger charge is -2.00. The van der Waals surface area contributed by atoms with Crippen LogP contribution >= 0.6 is 15.9 Å². The molecule has 0 aliphatic carbocycles. The number of hydrogen-bond donors (Lipinski definition) is 0. The number of ether oxygens (including phenoxy) is 1. The summed E-state index contributed by atoms with van der Waals surface area (Å²) in [5.74, 6) is 0.915. The first-order chi connectivity index (χ1) is 14.7. The third kappa shape index (κ3) is 7.09. The Morgan fingerprint density at radius 2 is 1.70 bits per heavy atom. The van der Waals surface area contributed by atoms with Gasteiger partial charge in [0.1, 0.15) is 5.75 Å². The van der Waals surface area contributed by atoms with E-state index in [2.05, 4.69) is 69.5 Å². The third-order valence-electron chi connectivity index (χ3n) is 4.50. The van der Waals surface area contributed by atoms with Crippen LogP contribution in [0.2, 0.25) is 6.32 Å². The number of hydrogen-bond acceptors (Lipinski definition) is 2. The summed E-state index contributed by atoms with van der Waals surface area (Å²) in [5, 5.41) is 0. The van der Waals surface area contributed by atoms with Crippen molar-refractivity contribution in [2.24, 2.45) is 0 Å². The molecule has 0 atom stereocenters. The van der Waals surface area contributed by atoms with E-state index in [4.69, 9.17) is 4.74 Å². The molecular weight excluding hydrogens is 435 g/mol. The second-order valence-corrected chi connectivity index (χ2v) is 7.56. The van der Waals surface area contributed by atoms with E-state index in [1.165, 1.54) is 11.0 Å². The van der Waals surface area contributed by atoms with Crippen molar-refractivity contribution in [1.82, 2.24) is 9.55 Å². The molecule has 0 aliphatic heterocycles. The first-order valence-corrected chi connectivity index (χ1v) is 10.6. The average Bonchev–Trinajstić information content (AvgIpc) is 3.34. The van der Waals surface area contributed by atoms with E-state index in [-0.39, 0.29) is 0 Å². The molecule has 0 aliphatic rings. The Morgan fingerprint density at radius 3 is 2.33 bits per heavy atom. The Balaban J connectivity index is 0.000000184. The molecular formula is C25H24BBrN2O. The maximum absolute atomic E-state index is 5.14. The van der Waals surface area contributed by atoms with Crippen LogP contribution in [0.5, 0.6) is 5.75 Å². The van der Waals surface area contributed by atoms with Crippen molar-refractivity contribution in [2.75, 3.05) is 7.11 Å². The van der Waals surface area contributed by atoms with Gasteiger partial charge in [-0.25, -0.2) is 4.98 Å². The van der Waals surface area contributed by atoms with E-state index in [9.17, 15) is 0 Å². The van der Waals surface area contributed by atoms with Gasteiger partial charge in [-0.3, -0.25) is 0 Å². The highest BCUT2D eigenvalue weighted by molar-refractivity contribution is 9.10. The lowest BCUT2D eigenvalue weighted by atomic mass is 9.67. The Labute approximate surface area is 187 Å². The number of methoxy groups -OCH3 is 1. The molecule has 1 aromatic heterocycles. The van der Waals surface area contributed by atoms with Crippen molar-refractivity contribution in [1.29, 1.82) is 0 Å². The van der Waals surface area contributed by atoms with E-state index in [0.717, 1.165) is 29.5 Å². The van der Waals surface area contributed by atoms with Gasteiger partial charge in [0.25, 0.3) is 0 Å². The van der Waals surface area contributed by atoms with E-state index >= 15 is 0 Å². The van der Waals surface area contributed by atoms with Gasteiger partial charge in [0.2, 0.25) is 0 Å². The van der Waals surface area contributed by atoms with E-state index in [0.29, 0.717) is 0 Å². The van der Waals surface area contributed by atoms with E-state index < -0.39 is 0 Å². The van der Waals surface area contributed by atoms with Gasteiger partial charge in [-0.15, -0.1) is 0 Å². The highest BCUT2D eigenvalue weighted by Gasteiger charge is 1.95. The summed E-state index contributed by atoms with van der Waals surface area (Å²) in [4.78, 5) is 3.97. The van der Waals surface area contributed by atoms with Gasteiger partial charge in [-0.1, -0.05) is 82.3 Å². The van der Waals surface area contributed by atoms with Crippen LogP contribution in [0.1, 0.15) is 5.56 Å². The first-order valence-electron chi connectivity index (χ1n) is 9.83. The highest BCUT2D eigenvalue weighted by atomic mass is 79.9. The van der Waals surface area contributed by atoms with E-state index in [1.807, 2.05) is 53.2 Å². The standard InChI is InChI=1S/C16H17BO.C9H7BrN2/c1-18-16-11-9-15(10-12-16)17-13-5-8-14-6-3-2-4-7-14;10-8-1-3-9(4-2-8)12-6-5-11-7-12/h2-12,17H,13H2,1H3;1-7H. The summed E-state index contributed by atoms with van der Waals surface area (Å²) >= 11 is 3.38. The number of nitrogens with zero attached hydrogens (tertiary/aromatic N) is 2. The van der Waals surface area contributed by atoms with Crippen LogP contribution in [0, 0.1) is 0 Å². The second-order valence-electron chi connectivity index (χ2n) is 6.65. The molecule has 5 heteroatoms. The minimum absolute atomic E-state index is 0.915. The van der Waals surface area contributed by atoms with Gasteiger partial charge < -0.3 is 9.30 Å². The van der Waals surface area contributed by atoms with Crippen molar-refractivity contribution in [3.05, 3.63) is 114 Å². The Bertz CT molecular complexity index is 1020. The van der Waals surface area contributed by atoms with Crippen LogP contribution in [0.3, 0.4) is 0 Å². The summed E-state index contributed by atoms with van der Waals surface area (Å²) in [7, 11) is 2.75. The second kappa shape index (κ2) is 11.8. The van der Waals surface area contributed by atoms with Crippen molar-refractivity contribution in [3.8, 4) is 11.4 Å². The van der Waals surface area contributed by atoms with Gasteiger partial charge in [-0.05, 0) is 42.0 Å². The molecule has 0 radical (unpaired) electrons. The fourth-order valence-corrected chi connectivity index (χ4v) is 3.12. The molecule has 0 spiro atoms. The molecule has 1 heterocycles. The third-order valence-corrected chi connectivity index (χ3v) is 5.03. The molecule has 0 amide bonds. The molecule has 3 aromatic carbocycles. The predicted octanol–water partition coefficient (Wildman–Crippen LogP) is 5.52. The highest BCUT2D eigenvalue weighted by Crippen LogP contribution is 2.13. The first kappa shape index (κ1) is 21.7. The van der Waals surface area contributed by atoms with Crippen LogP contribution in [0.4, 0.5) is 0 Å². The van der Waals surface area contributed by atoms with Crippen molar-refractivity contribution in [2.45, 2.75) is 6.32 Å². The summed E-state index contributed by atoms with van der Waals surface area (Å²) < 4.78 is 8.19. The molecule has 150 valence electrons. The number of allylic oxidation sites excluding steroid dienone is 1. The number of imidazole rings is 1. The summed E-state index contributed by atoms with van der Waals surface area (Å²) in [6.07, 6.45) is 10.9. The van der Waals surface area contributed by atoms with E-state index in [1.54, 1.807) is 19.6 Å². The van der Waals surface area contributed by atoms with Gasteiger partial charge in [0, 0.05) is 22.6 Å². The zero-order valence-electron chi connectivity index (χ0n) is 17.0. The fraction of sp³-hybridized carbons (Fsp3) is 0.0800. The largest absolute Gasteiger partial charge is 0.497 e. The SMILES string of the molecule is Brc1ccc(-n2ccnc2)cc1.COc1ccc(BCC=Cc2ccccc2)cc1. The monoisotopic (exact) mass is 458 g/mol. The zero-order valence-corrected chi connectivity index (χ0v) is 18.6. The molecule has 0 N–H and O–H groups in total. The zero-order chi connectivity index (χ0) is 21.0. The Kier molecular flexibility index (Phi) is 8.54. The van der Waals surface area contributed by atoms with Gasteiger partial charge in [0.15, 0.2) is 7.28 Å². The molecule has 0 bridgehead atoms. The number of benzene rings is 3. The van der Waals surface area contributed by atoms with Crippen LogP contribution in [-0.4, -0.2) is 23.9 Å². The molecule has 4 aromatic rings. The van der Waals surface area contributed by atoms with Gasteiger partial charge in [0.05, 0.1) is 13.4 Å². The Morgan fingerprint density at radius 1 is 0.967 bits per heavy atom. The van der Waals surface area contributed by atoms with Crippen LogP contribution < -0.4 is 10.2 Å². The topological polar surface area (TPSA) is 27.1 Å². The normalized spacial score (nSPS) is 10.3. The summed E-state index contributed by atoms with van der Waals surface area (Å²) in [6, 6.07) is 26.7. The molecule has 0 saturated carbocycles. The molecule has 4 rings (SSSR count). The molecule has 3 nitrogen and oxygen atoms in total. The smallest absolute Gasteiger partial charge is 0.161 e. The molecule has 0 unspecified atom stereocenters. The van der Waals surface area contributed by atoms with Crippen LogP contribution in [0.25, 0.3) is 11.8 Å². The number of aromatic nitrogens is 2. The van der Waals surface area contributed by atoms with Gasteiger partial charge in [-0.2, -0.15) is 0 Å². The quantitative estimate of drug-likeness (QED) is 0.355. The summed E-state index contributed by atoms with van der Waals surface area (Å²) in [5.41, 5.74) is 3.72. The fourth-order valence-electron chi connectivity index (χ4n) is 2.85. The molecule has 0 saturated heterocycles. The average molecular weight is 459 g/mol. The van der Waals surface area contributed by atoms with Gasteiger partial charge >= 0.3 is 0 Å². The molecule has 0 fully saturated rings. The minimum Gasteiger partial charge on any atom is -0.497 e.